The molecule has 0 saturated heterocycles. The number of phenolic OH excluding ortho intramolecular Hbond substituents is 1. The molecule has 0 heterocycles. The topological polar surface area (TPSA) is 233 Å². The lowest BCUT2D eigenvalue weighted by atomic mass is 9.91. The number of carboxylic acid groups (broad SMARTS) is 1. The first-order valence-corrected chi connectivity index (χ1v) is 9.60. The fourth-order valence-corrected chi connectivity index (χ4v) is 3.98. The lowest BCUT2D eigenvalue weighted by Crippen LogP contribution is -2.25. The molecule has 160 valence electrons. The number of aromatic hydroxyl groups is 1. The van der Waals surface area contributed by atoms with Gasteiger partial charge in [0.15, 0.2) is 0 Å². The van der Waals surface area contributed by atoms with Crippen LogP contribution >= 0.6 is 0 Å². The molecule has 15 heteroatoms. The van der Waals surface area contributed by atoms with E-state index in [1.807, 2.05) is 0 Å². The smallest absolute Gasteiger partial charge is 0.339 e. The summed E-state index contributed by atoms with van der Waals surface area (Å²) in [6, 6.07) is 5.65. The maximum Gasteiger partial charge on any atom is 0.339 e. The van der Waals surface area contributed by atoms with Crippen molar-refractivity contribution in [1.82, 2.24) is 0 Å². The molecule has 0 aromatic heterocycles. The average Bonchev–Trinajstić information content (AvgIpc) is 2.73. The largest absolute Gasteiger partial charge is 0.508 e. The van der Waals surface area contributed by atoms with Gasteiger partial charge in [-0.25, -0.2) is 4.79 Å². The van der Waals surface area contributed by atoms with Gasteiger partial charge in [-0.1, -0.05) is 22.4 Å². The van der Waals surface area contributed by atoms with Gasteiger partial charge in [-0.3, -0.25) is 9.59 Å². The SMILES string of the molecule is [N-]=[N+]=NC1=C(N=[N+]=[N-])c2c(cccc2S(=O)(=O)Oc2cc(O)cc(C(=O)O)c2)C(=O)C1=O. The molecule has 1 aliphatic carbocycles. The van der Waals surface area contributed by atoms with E-state index in [9.17, 15) is 27.9 Å². The maximum atomic E-state index is 13.0. The number of azide groups is 2. The van der Waals surface area contributed by atoms with Gasteiger partial charge in [0.05, 0.1) is 17.0 Å². The lowest BCUT2D eigenvalue weighted by Gasteiger charge is -2.19. The van der Waals surface area contributed by atoms with E-state index < -0.39 is 72.1 Å². The van der Waals surface area contributed by atoms with Crippen molar-refractivity contribution in [3.05, 3.63) is 79.7 Å². The van der Waals surface area contributed by atoms with Crippen molar-refractivity contribution in [3.63, 3.8) is 0 Å². The molecule has 2 aromatic rings. The number of carbonyl (C=O) groups excluding carboxylic acids is 2. The van der Waals surface area contributed by atoms with E-state index in [1.54, 1.807) is 0 Å². The third kappa shape index (κ3) is 3.80. The van der Waals surface area contributed by atoms with Gasteiger partial charge in [0.2, 0.25) is 11.6 Å². The summed E-state index contributed by atoms with van der Waals surface area (Å²) in [5.41, 5.74) is 14.4. The second-order valence-corrected chi connectivity index (χ2v) is 7.49. The first-order valence-electron chi connectivity index (χ1n) is 8.19. The second-order valence-electron chi connectivity index (χ2n) is 5.97. The Morgan fingerprint density at radius 1 is 1.00 bits per heavy atom. The predicted molar refractivity (Wildman–Crippen MR) is 104 cm³/mol. The molecule has 0 atom stereocenters. The maximum absolute atomic E-state index is 13.0. The molecule has 0 aliphatic heterocycles. The van der Waals surface area contributed by atoms with Crippen LogP contribution in [-0.4, -0.2) is 36.2 Å². The monoisotopic (exact) mass is 456 g/mol. The molecule has 0 fully saturated rings. The summed E-state index contributed by atoms with van der Waals surface area (Å²) in [6.45, 7) is 0. The van der Waals surface area contributed by atoms with Crippen molar-refractivity contribution < 1.29 is 37.2 Å². The third-order valence-corrected chi connectivity index (χ3v) is 5.35. The molecule has 1 aliphatic rings. The number of fused-ring (bicyclic) bond motifs is 1. The summed E-state index contributed by atoms with van der Waals surface area (Å²) >= 11 is 0. The van der Waals surface area contributed by atoms with Crippen LogP contribution in [0.1, 0.15) is 26.3 Å². The molecule has 2 N–H and O–H groups in total. The van der Waals surface area contributed by atoms with Gasteiger partial charge in [-0.2, -0.15) is 8.42 Å². The van der Waals surface area contributed by atoms with Crippen LogP contribution < -0.4 is 4.18 Å². The summed E-state index contributed by atoms with van der Waals surface area (Å²) in [6.07, 6.45) is 0. The minimum absolute atomic E-state index is 0.457. The number of hydrogen-bond acceptors (Lipinski definition) is 9. The number of carbonyl (C=O) groups is 3. The molecule has 14 nitrogen and oxygen atoms in total. The number of ketones is 2. The van der Waals surface area contributed by atoms with Gasteiger partial charge < -0.3 is 14.4 Å². The van der Waals surface area contributed by atoms with Gasteiger partial charge in [-0.15, -0.1) is 0 Å². The quantitative estimate of drug-likeness (QED) is 0.215. The van der Waals surface area contributed by atoms with Crippen molar-refractivity contribution in [2.75, 3.05) is 0 Å². The molecule has 32 heavy (non-hydrogen) atoms. The van der Waals surface area contributed by atoms with Crippen molar-refractivity contribution in [2.24, 2.45) is 10.2 Å². The number of phenols is 1. The van der Waals surface area contributed by atoms with Crippen molar-refractivity contribution in [1.29, 1.82) is 0 Å². The average molecular weight is 456 g/mol. The number of allylic oxidation sites excluding steroid dienone is 1. The molecule has 0 spiro atoms. The van der Waals surface area contributed by atoms with E-state index in [0.29, 0.717) is 0 Å². The highest BCUT2D eigenvalue weighted by atomic mass is 32.2. The Bertz CT molecular complexity index is 1450. The van der Waals surface area contributed by atoms with Crippen molar-refractivity contribution in [3.8, 4) is 11.5 Å². The highest BCUT2D eigenvalue weighted by Crippen LogP contribution is 2.37. The minimum atomic E-state index is -4.86. The molecule has 0 bridgehead atoms. The number of Topliss-reactive ketones (excluding diaryl/α,β-unsaturated/α-hetero) is 2. The van der Waals surface area contributed by atoms with Crippen LogP contribution in [0.15, 0.2) is 57.2 Å². The van der Waals surface area contributed by atoms with Gasteiger partial charge in [0, 0.05) is 27.0 Å². The fraction of sp³-hybridized carbons (Fsp3) is 0. The molecule has 3 rings (SSSR count). The van der Waals surface area contributed by atoms with E-state index in [0.717, 1.165) is 36.4 Å². The summed E-state index contributed by atoms with van der Waals surface area (Å²) in [7, 11) is -4.86. The van der Waals surface area contributed by atoms with E-state index in [-0.39, 0.29) is 0 Å². The van der Waals surface area contributed by atoms with Gasteiger partial charge in [-0.05, 0) is 29.3 Å². The van der Waals surface area contributed by atoms with E-state index >= 15 is 0 Å². The van der Waals surface area contributed by atoms with Gasteiger partial charge >= 0.3 is 16.1 Å². The van der Waals surface area contributed by atoms with Crippen LogP contribution in [-0.2, 0) is 14.9 Å². The Kier molecular flexibility index (Phi) is 5.55. The zero-order valence-electron chi connectivity index (χ0n) is 15.4. The highest BCUT2D eigenvalue weighted by Gasteiger charge is 2.36. The Morgan fingerprint density at radius 3 is 2.28 bits per heavy atom. The summed E-state index contributed by atoms with van der Waals surface area (Å²) in [4.78, 5) is 39.9. The van der Waals surface area contributed by atoms with Crippen LogP contribution in [0.5, 0.6) is 11.5 Å². The van der Waals surface area contributed by atoms with E-state index in [4.69, 9.17) is 20.4 Å². The molecular weight excluding hydrogens is 448 g/mol. The number of benzene rings is 2. The van der Waals surface area contributed by atoms with Crippen LogP contribution in [0, 0.1) is 0 Å². The Morgan fingerprint density at radius 2 is 1.66 bits per heavy atom. The summed E-state index contributed by atoms with van der Waals surface area (Å²) in [5, 5.41) is 25.0. The molecule has 0 radical (unpaired) electrons. The molecular formula is C17H8N6O8S. The zero-order chi connectivity index (χ0) is 23.6. The number of hydrogen-bond donors (Lipinski definition) is 2. The molecule has 2 aromatic carbocycles. The molecule has 0 amide bonds. The van der Waals surface area contributed by atoms with Crippen LogP contribution in [0.4, 0.5) is 0 Å². The minimum Gasteiger partial charge on any atom is -0.508 e. The van der Waals surface area contributed by atoms with E-state index in [1.165, 1.54) is 0 Å². The summed E-state index contributed by atoms with van der Waals surface area (Å²) in [5.74, 6) is -5.19. The first kappa shape index (κ1) is 21.9. The van der Waals surface area contributed by atoms with Crippen LogP contribution in [0.25, 0.3) is 26.6 Å². The normalized spacial score (nSPS) is 13.0. The second kappa shape index (κ2) is 8.12. The van der Waals surface area contributed by atoms with Gasteiger partial charge in [0.25, 0.3) is 0 Å². The van der Waals surface area contributed by atoms with Gasteiger partial charge in [0.1, 0.15) is 16.4 Å². The number of nitrogens with zero attached hydrogens (tertiary/aromatic N) is 6. The Balaban J connectivity index is 2.27. The van der Waals surface area contributed by atoms with Crippen LogP contribution in [0.3, 0.4) is 0 Å². The van der Waals surface area contributed by atoms with Crippen molar-refractivity contribution in [2.45, 2.75) is 4.90 Å². The molecule has 0 unspecified atom stereocenters. The standard InChI is InChI=1S/C17H8N6O8S/c18-22-20-13-12-10(15(25)16(26)14(13)21-23-19)2-1-3-11(12)32(29,30)31-9-5-7(17(27)28)4-8(24)6-9/h1-6,24H,(H,27,28). The fourth-order valence-electron chi connectivity index (χ4n) is 2.83. The van der Waals surface area contributed by atoms with E-state index in [2.05, 4.69) is 20.1 Å². The predicted octanol–water partition coefficient (Wildman–Crippen LogP) is 2.91. The van der Waals surface area contributed by atoms with Crippen molar-refractivity contribution >= 4 is 33.4 Å². The number of carboxylic acids is 1. The Labute approximate surface area is 177 Å². The Hall–Kier alpha value is -4.84. The number of rotatable bonds is 6. The van der Waals surface area contributed by atoms with Crippen LogP contribution in [0.2, 0.25) is 0 Å². The third-order valence-electron chi connectivity index (χ3n) is 4.06. The lowest BCUT2D eigenvalue weighted by molar-refractivity contribution is -0.111. The zero-order valence-corrected chi connectivity index (χ0v) is 16.2. The molecule has 0 saturated carbocycles. The first-order chi connectivity index (χ1) is 15.1. The summed E-state index contributed by atoms with van der Waals surface area (Å²) < 4.78 is 30.8. The number of aromatic carboxylic acids is 1. The highest BCUT2D eigenvalue weighted by molar-refractivity contribution is 7.87.